The Labute approximate surface area is 61.6 Å². The van der Waals surface area contributed by atoms with Crippen molar-refractivity contribution in [2.75, 3.05) is 0 Å². The maximum Gasteiger partial charge on any atom is 0.248 e. The van der Waals surface area contributed by atoms with Gasteiger partial charge in [0.25, 0.3) is 0 Å². The van der Waals surface area contributed by atoms with Crippen molar-refractivity contribution in [3.8, 4) is 0 Å². The summed E-state index contributed by atoms with van der Waals surface area (Å²) in [5, 5.41) is 0. The molecule has 0 saturated heterocycles. The fourth-order valence-electron chi connectivity index (χ4n) is 1.07. The summed E-state index contributed by atoms with van der Waals surface area (Å²) in [4.78, 5) is 0. The van der Waals surface area contributed by atoms with Crippen molar-refractivity contribution in [3.05, 3.63) is 0 Å². The molecule has 0 aromatic rings. The van der Waals surface area contributed by atoms with Gasteiger partial charge in [-0.3, -0.25) is 0 Å². The van der Waals surface area contributed by atoms with Gasteiger partial charge in [0, 0.05) is 12.8 Å². The van der Waals surface area contributed by atoms with Crippen molar-refractivity contribution < 1.29 is 8.78 Å². The van der Waals surface area contributed by atoms with Gasteiger partial charge >= 0.3 is 0 Å². The molecule has 0 nitrogen and oxygen atoms in total. The standard InChI is InChI=1S/C6H10F2.C2H6/c7-6(8)4-2-1-3-5-6;1-2/h1-5H2;1-2H3. The van der Waals surface area contributed by atoms with Gasteiger partial charge in [-0.1, -0.05) is 20.3 Å². The lowest BCUT2D eigenvalue weighted by atomic mass is 9.97. The number of rotatable bonds is 0. The van der Waals surface area contributed by atoms with E-state index in [2.05, 4.69) is 0 Å². The van der Waals surface area contributed by atoms with Gasteiger partial charge in [-0.2, -0.15) is 0 Å². The Kier molecular flexibility index (Phi) is 4.58. The molecule has 2 heteroatoms. The highest BCUT2D eigenvalue weighted by molar-refractivity contribution is 4.70. The molecule has 1 saturated carbocycles. The number of halogens is 2. The Morgan fingerprint density at radius 2 is 1.30 bits per heavy atom. The van der Waals surface area contributed by atoms with Crippen LogP contribution in [0.2, 0.25) is 0 Å². The fourth-order valence-corrected chi connectivity index (χ4v) is 1.07. The van der Waals surface area contributed by atoms with Gasteiger partial charge in [-0.25, -0.2) is 8.78 Å². The first-order valence-electron chi connectivity index (χ1n) is 4.09. The van der Waals surface area contributed by atoms with Gasteiger partial charge in [0.2, 0.25) is 5.92 Å². The van der Waals surface area contributed by atoms with E-state index in [9.17, 15) is 8.78 Å². The topological polar surface area (TPSA) is 0 Å². The van der Waals surface area contributed by atoms with Crippen molar-refractivity contribution in [1.82, 2.24) is 0 Å². The van der Waals surface area contributed by atoms with Crippen LogP contribution in [0.15, 0.2) is 0 Å². The lowest BCUT2D eigenvalue weighted by Crippen LogP contribution is -2.18. The molecule has 0 spiro atoms. The molecule has 1 aliphatic carbocycles. The molecule has 10 heavy (non-hydrogen) atoms. The van der Waals surface area contributed by atoms with Crippen LogP contribution in [-0.2, 0) is 0 Å². The first-order chi connectivity index (χ1) is 4.71. The normalized spacial score (nSPS) is 22.8. The van der Waals surface area contributed by atoms with E-state index >= 15 is 0 Å². The average Bonchev–Trinajstić information content (AvgIpc) is 1.92. The van der Waals surface area contributed by atoms with Crippen LogP contribution in [0.4, 0.5) is 8.78 Å². The van der Waals surface area contributed by atoms with Crippen molar-refractivity contribution >= 4 is 0 Å². The number of alkyl halides is 2. The van der Waals surface area contributed by atoms with E-state index in [4.69, 9.17) is 0 Å². The van der Waals surface area contributed by atoms with Crippen LogP contribution in [-0.4, -0.2) is 5.92 Å². The van der Waals surface area contributed by atoms with Crippen LogP contribution < -0.4 is 0 Å². The maximum atomic E-state index is 12.2. The Morgan fingerprint density at radius 3 is 1.50 bits per heavy atom. The van der Waals surface area contributed by atoms with Gasteiger partial charge < -0.3 is 0 Å². The highest BCUT2D eigenvalue weighted by atomic mass is 19.3. The second-order valence-corrected chi connectivity index (χ2v) is 2.42. The summed E-state index contributed by atoms with van der Waals surface area (Å²) in [6.07, 6.45) is 2.66. The maximum absolute atomic E-state index is 12.2. The monoisotopic (exact) mass is 150 g/mol. The van der Waals surface area contributed by atoms with Crippen LogP contribution >= 0.6 is 0 Å². The minimum Gasteiger partial charge on any atom is -0.207 e. The quantitative estimate of drug-likeness (QED) is 0.494. The molecule has 0 N–H and O–H groups in total. The molecule has 1 aliphatic rings. The molecule has 0 unspecified atom stereocenters. The largest absolute Gasteiger partial charge is 0.248 e. The van der Waals surface area contributed by atoms with Crippen LogP contribution in [0.5, 0.6) is 0 Å². The van der Waals surface area contributed by atoms with Crippen molar-refractivity contribution in [1.29, 1.82) is 0 Å². The van der Waals surface area contributed by atoms with E-state index in [0.29, 0.717) is 12.8 Å². The van der Waals surface area contributed by atoms with Crippen LogP contribution in [0.1, 0.15) is 46.0 Å². The Morgan fingerprint density at radius 1 is 0.900 bits per heavy atom. The molecular formula is C8H16F2. The summed E-state index contributed by atoms with van der Waals surface area (Å²) in [6.45, 7) is 4.00. The zero-order valence-corrected chi connectivity index (χ0v) is 6.79. The van der Waals surface area contributed by atoms with Gasteiger partial charge in [-0.05, 0) is 12.8 Å². The zero-order valence-electron chi connectivity index (χ0n) is 6.79. The molecule has 0 radical (unpaired) electrons. The van der Waals surface area contributed by atoms with E-state index < -0.39 is 5.92 Å². The van der Waals surface area contributed by atoms with Crippen molar-refractivity contribution in [2.45, 2.75) is 51.9 Å². The second-order valence-electron chi connectivity index (χ2n) is 2.42. The van der Waals surface area contributed by atoms with Crippen LogP contribution in [0.3, 0.4) is 0 Å². The molecule has 0 aliphatic heterocycles. The number of hydrogen-bond acceptors (Lipinski definition) is 0. The van der Waals surface area contributed by atoms with E-state index in [-0.39, 0.29) is 12.8 Å². The SMILES string of the molecule is CC.FC1(F)CCCCC1. The minimum atomic E-state index is -2.32. The first-order valence-corrected chi connectivity index (χ1v) is 4.09. The fraction of sp³-hybridized carbons (Fsp3) is 1.00. The third-order valence-electron chi connectivity index (χ3n) is 1.59. The van der Waals surface area contributed by atoms with E-state index in [0.717, 1.165) is 6.42 Å². The predicted octanol–water partition coefficient (Wildman–Crippen LogP) is 3.61. The highest BCUT2D eigenvalue weighted by Gasteiger charge is 2.30. The Hall–Kier alpha value is -0.140. The Balaban J connectivity index is 0.000000371. The van der Waals surface area contributed by atoms with Crippen molar-refractivity contribution in [2.24, 2.45) is 0 Å². The molecule has 0 aromatic heterocycles. The molecule has 0 atom stereocenters. The van der Waals surface area contributed by atoms with Crippen molar-refractivity contribution in [3.63, 3.8) is 0 Å². The summed E-state index contributed by atoms with van der Waals surface area (Å²) in [6, 6.07) is 0. The molecule has 0 heterocycles. The van der Waals surface area contributed by atoms with Gasteiger partial charge in [-0.15, -0.1) is 0 Å². The van der Waals surface area contributed by atoms with E-state index in [1.807, 2.05) is 13.8 Å². The molecule has 1 fully saturated rings. The molecule has 0 bridgehead atoms. The summed E-state index contributed by atoms with van der Waals surface area (Å²) < 4.78 is 24.4. The lowest BCUT2D eigenvalue weighted by molar-refractivity contribution is -0.0337. The third-order valence-corrected chi connectivity index (χ3v) is 1.59. The second kappa shape index (κ2) is 4.64. The van der Waals surface area contributed by atoms with Crippen LogP contribution in [0, 0.1) is 0 Å². The molecule has 62 valence electrons. The summed E-state index contributed by atoms with van der Waals surface area (Å²) in [7, 11) is 0. The summed E-state index contributed by atoms with van der Waals surface area (Å²) >= 11 is 0. The molecule has 1 rings (SSSR count). The van der Waals surface area contributed by atoms with Crippen LogP contribution in [0.25, 0.3) is 0 Å². The minimum absolute atomic E-state index is 0.118. The van der Waals surface area contributed by atoms with E-state index in [1.54, 1.807) is 0 Å². The number of hydrogen-bond donors (Lipinski definition) is 0. The zero-order chi connectivity index (χ0) is 8.04. The lowest BCUT2D eigenvalue weighted by Gasteiger charge is -2.20. The predicted molar refractivity (Wildman–Crippen MR) is 39.4 cm³/mol. The average molecular weight is 150 g/mol. The molecule has 0 amide bonds. The molecule has 0 aromatic carbocycles. The van der Waals surface area contributed by atoms with Gasteiger partial charge in [0.05, 0.1) is 0 Å². The van der Waals surface area contributed by atoms with Gasteiger partial charge in [0.1, 0.15) is 0 Å². The highest BCUT2D eigenvalue weighted by Crippen LogP contribution is 2.32. The summed E-state index contributed by atoms with van der Waals surface area (Å²) in [5.41, 5.74) is 0. The smallest absolute Gasteiger partial charge is 0.207 e. The van der Waals surface area contributed by atoms with E-state index in [1.165, 1.54) is 0 Å². The Bertz CT molecular complexity index is 71.3. The molecular weight excluding hydrogens is 134 g/mol. The van der Waals surface area contributed by atoms with Gasteiger partial charge in [0.15, 0.2) is 0 Å². The third kappa shape index (κ3) is 3.80. The summed E-state index contributed by atoms with van der Waals surface area (Å²) in [5.74, 6) is -2.32. The first kappa shape index (κ1) is 9.86.